The first-order chi connectivity index (χ1) is 9.41. The number of aliphatic hydroxyl groups excluding tert-OH is 1. The van der Waals surface area contributed by atoms with E-state index in [1.807, 2.05) is 6.07 Å². The number of carbonyl (C=O) groups is 2. The fourth-order valence-electron chi connectivity index (χ4n) is 1.79. The second-order valence-corrected chi connectivity index (χ2v) is 4.75. The van der Waals surface area contributed by atoms with Gasteiger partial charge in [0.15, 0.2) is 0 Å². The number of nitrogens with two attached hydrogens (primary N) is 1. The summed E-state index contributed by atoms with van der Waals surface area (Å²) >= 11 is 0. The van der Waals surface area contributed by atoms with Crippen molar-refractivity contribution in [1.29, 1.82) is 0 Å². The molecule has 0 saturated carbocycles. The molecule has 2 atom stereocenters. The minimum absolute atomic E-state index is 0.268. The Hall–Kier alpha value is -2.08. The summed E-state index contributed by atoms with van der Waals surface area (Å²) in [5.74, 6) is -0.268. The van der Waals surface area contributed by atoms with Crippen LogP contribution >= 0.6 is 0 Å². The molecule has 0 aliphatic rings. The van der Waals surface area contributed by atoms with Gasteiger partial charge in [0, 0.05) is 13.6 Å². The van der Waals surface area contributed by atoms with Crippen LogP contribution in [0.3, 0.4) is 0 Å². The second-order valence-electron chi connectivity index (χ2n) is 4.75. The van der Waals surface area contributed by atoms with Crippen LogP contribution in [0.15, 0.2) is 30.3 Å². The van der Waals surface area contributed by atoms with Crippen LogP contribution in [-0.2, 0) is 4.79 Å². The van der Waals surface area contributed by atoms with E-state index in [4.69, 9.17) is 5.73 Å². The molecular formula is C14H21N3O3. The normalized spacial score (nSPS) is 13.3. The molecule has 4 N–H and O–H groups in total. The lowest BCUT2D eigenvalue weighted by molar-refractivity contribution is -0.132. The topological polar surface area (TPSA) is 95.7 Å². The van der Waals surface area contributed by atoms with Crippen molar-refractivity contribution in [2.24, 2.45) is 5.73 Å². The number of primary amides is 1. The molecule has 0 fully saturated rings. The quantitative estimate of drug-likeness (QED) is 0.712. The van der Waals surface area contributed by atoms with Crippen LogP contribution in [0.25, 0.3) is 0 Å². The van der Waals surface area contributed by atoms with Gasteiger partial charge in [0.25, 0.3) is 0 Å². The molecule has 6 nitrogen and oxygen atoms in total. The number of hydrogen-bond donors (Lipinski definition) is 3. The molecule has 1 rings (SSSR count). The third kappa shape index (κ3) is 4.89. The molecule has 0 heterocycles. The molecule has 0 saturated heterocycles. The maximum Gasteiger partial charge on any atom is 0.313 e. The second kappa shape index (κ2) is 7.49. The highest BCUT2D eigenvalue weighted by Crippen LogP contribution is 2.15. The molecule has 1 aromatic carbocycles. The molecule has 110 valence electrons. The smallest absolute Gasteiger partial charge is 0.313 e. The number of likely N-dealkylation sites (N-methyl/N-ethyl adjacent to an activating group) is 1. The molecule has 0 aromatic heterocycles. The average Bonchev–Trinajstić information content (AvgIpc) is 2.42. The molecular weight excluding hydrogens is 258 g/mol. The Morgan fingerprint density at radius 1 is 1.35 bits per heavy atom. The number of aliphatic hydroxyl groups is 1. The van der Waals surface area contributed by atoms with Crippen molar-refractivity contribution in [2.75, 3.05) is 13.6 Å². The summed E-state index contributed by atoms with van der Waals surface area (Å²) in [4.78, 5) is 24.9. The number of hydrogen-bond acceptors (Lipinski definition) is 3. The summed E-state index contributed by atoms with van der Waals surface area (Å²) in [6.07, 6.45) is -0.00938. The predicted molar refractivity (Wildman–Crippen MR) is 75.8 cm³/mol. The van der Waals surface area contributed by atoms with E-state index in [2.05, 4.69) is 5.32 Å². The zero-order valence-corrected chi connectivity index (χ0v) is 11.7. The van der Waals surface area contributed by atoms with Crippen LogP contribution in [0.1, 0.15) is 24.9 Å². The van der Waals surface area contributed by atoms with Crippen LogP contribution in [0.2, 0.25) is 0 Å². The van der Waals surface area contributed by atoms with Gasteiger partial charge in [0.2, 0.25) is 5.91 Å². The molecule has 0 aliphatic carbocycles. The van der Waals surface area contributed by atoms with Crippen molar-refractivity contribution in [3.8, 4) is 0 Å². The third-order valence-electron chi connectivity index (χ3n) is 2.92. The number of urea groups is 1. The van der Waals surface area contributed by atoms with Gasteiger partial charge in [0.05, 0.1) is 6.10 Å². The Kier molecular flexibility index (Phi) is 5.99. The van der Waals surface area contributed by atoms with Crippen LogP contribution in [0.4, 0.5) is 4.79 Å². The van der Waals surface area contributed by atoms with E-state index in [0.29, 0.717) is 18.5 Å². The molecule has 0 aliphatic heterocycles. The summed E-state index contributed by atoms with van der Waals surface area (Å²) in [6, 6.07) is 7.33. The standard InChI is InChI=1S/C14H21N3O3/c1-10(18)8-9-17(2)13(19)12(16-14(15)20)11-6-4-3-5-7-11/h3-7,10,12,18H,8-9H2,1-2H3,(H3,15,16,20). The van der Waals surface area contributed by atoms with Crippen LogP contribution in [-0.4, -0.2) is 41.6 Å². The third-order valence-corrected chi connectivity index (χ3v) is 2.92. The lowest BCUT2D eigenvalue weighted by atomic mass is 10.1. The number of nitrogens with zero attached hydrogens (tertiary/aromatic N) is 1. The summed E-state index contributed by atoms with van der Waals surface area (Å²) in [6.45, 7) is 2.06. The Morgan fingerprint density at radius 3 is 2.45 bits per heavy atom. The van der Waals surface area contributed by atoms with Gasteiger partial charge >= 0.3 is 6.03 Å². The minimum Gasteiger partial charge on any atom is -0.393 e. The summed E-state index contributed by atoms with van der Waals surface area (Å²) in [7, 11) is 1.63. The maximum atomic E-state index is 12.4. The molecule has 0 radical (unpaired) electrons. The monoisotopic (exact) mass is 279 g/mol. The molecule has 6 heteroatoms. The average molecular weight is 279 g/mol. The maximum absolute atomic E-state index is 12.4. The van der Waals surface area contributed by atoms with Gasteiger partial charge in [0.1, 0.15) is 6.04 Å². The number of nitrogens with one attached hydrogen (secondary N) is 1. The number of rotatable bonds is 6. The Morgan fingerprint density at radius 2 is 1.95 bits per heavy atom. The lowest BCUT2D eigenvalue weighted by Crippen LogP contribution is -2.43. The van der Waals surface area contributed by atoms with Crippen LogP contribution < -0.4 is 11.1 Å². The highest BCUT2D eigenvalue weighted by Gasteiger charge is 2.24. The van der Waals surface area contributed by atoms with E-state index < -0.39 is 18.2 Å². The van der Waals surface area contributed by atoms with Crippen molar-refractivity contribution in [2.45, 2.75) is 25.5 Å². The fraction of sp³-hybridized carbons (Fsp3) is 0.429. The van der Waals surface area contributed by atoms with Crippen molar-refractivity contribution in [3.05, 3.63) is 35.9 Å². The van der Waals surface area contributed by atoms with E-state index in [9.17, 15) is 14.7 Å². The van der Waals surface area contributed by atoms with Crippen LogP contribution in [0, 0.1) is 0 Å². The van der Waals surface area contributed by atoms with E-state index in [1.54, 1.807) is 38.2 Å². The molecule has 0 spiro atoms. The van der Waals surface area contributed by atoms with Crippen molar-refractivity contribution in [1.82, 2.24) is 10.2 Å². The molecule has 2 unspecified atom stereocenters. The van der Waals surface area contributed by atoms with Gasteiger partial charge in [-0.05, 0) is 18.9 Å². The molecule has 20 heavy (non-hydrogen) atoms. The Labute approximate surface area is 118 Å². The van der Waals surface area contributed by atoms with Gasteiger partial charge in [-0.1, -0.05) is 30.3 Å². The Balaban J connectivity index is 2.82. The van der Waals surface area contributed by atoms with Crippen molar-refractivity contribution in [3.63, 3.8) is 0 Å². The van der Waals surface area contributed by atoms with E-state index in [1.165, 1.54) is 4.90 Å². The van der Waals surface area contributed by atoms with Crippen molar-refractivity contribution < 1.29 is 14.7 Å². The highest BCUT2D eigenvalue weighted by molar-refractivity contribution is 5.87. The fourth-order valence-corrected chi connectivity index (χ4v) is 1.79. The molecule has 3 amide bonds. The summed E-state index contributed by atoms with van der Waals surface area (Å²) < 4.78 is 0. The van der Waals surface area contributed by atoms with Gasteiger partial charge in [-0.15, -0.1) is 0 Å². The van der Waals surface area contributed by atoms with Crippen LogP contribution in [0.5, 0.6) is 0 Å². The summed E-state index contributed by atoms with van der Waals surface area (Å²) in [5.41, 5.74) is 5.80. The number of amides is 3. The largest absolute Gasteiger partial charge is 0.393 e. The molecule has 1 aromatic rings. The van der Waals surface area contributed by atoms with Gasteiger partial charge in [-0.2, -0.15) is 0 Å². The number of benzene rings is 1. The minimum atomic E-state index is -0.812. The molecule has 0 bridgehead atoms. The number of carbonyl (C=O) groups excluding carboxylic acids is 2. The summed E-state index contributed by atoms with van der Waals surface area (Å²) in [5, 5.41) is 11.7. The van der Waals surface area contributed by atoms with Gasteiger partial charge < -0.3 is 21.1 Å². The van der Waals surface area contributed by atoms with Crippen molar-refractivity contribution >= 4 is 11.9 Å². The lowest BCUT2D eigenvalue weighted by Gasteiger charge is -2.24. The van der Waals surface area contributed by atoms with Gasteiger partial charge in [-0.25, -0.2) is 4.79 Å². The zero-order valence-electron chi connectivity index (χ0n) is 11.7. The highest BCUT2D eigenvalue weighted by atomic mass is 16.3. The SMILES string of the molecule is CC(O)CCN(C)C(=O)C(NC(N)=O)c1ccccc1. The van der Waals surface area contributed by atoms with E-state index >= 15 is 0 Å². The first kappa shape index (κ1) is 16.0. The predicted octanol–water partition coefficient (Wildman–Crippen LogP) is 0.625. The Bertz CT molecular complexity index is 448. The zero-order chi connectivity index (χ0) is 15.1. The first-order valence-electron chi connectivity index (χ1n) is 6.45. The van der Waals surface area contributed by atoms with Gasteiger partial charge in [-0.3, -0.25) is 4.79 Å². The van der Waals surface area contributed by atoms with E-state index in [-0.39, 0.29) is 5.91 Å². The van der Waals surface area contributed by atoms with E-state index in [0.717, 1.165) is 0 Å². The first-order valence-corrected chi connectivity index (χ1v) is 6.45.